The lowest BCUT2D eigenvalue weighted by atomic mass is 10.3. The SMILES string of the molecule is COc1ccc([P+](O)(c2ccc(OC)cc2)c2c[nH]c(C[P+](O)(c3ccccc3OC)c3ccccc3OC)c2)cc1. The molecule has 216 valence electrons. The minimum atomic E-state index is -3.09. The molecule has 0 atom stereocenters. The summed E-state index contributed by atoms with van der Waals surface area (Å²) in [5.41, 5.74) is 0.776. The molecule has 3 N–H and O–H groups in total. The molecule has 5 rings (SSSR count). The zero-order valence-corrected chi connectivity index (χ0v) is 25.8. The summed E-state index contributed by atoms with van der Waals surface area (Å²) in [6.45, 7) is 0. The van der Waals surface area contributed by atoms with Crippen molar-refractivity contribution in [3.8, 4) is 23.0 Å². The first kappa shape index (κ1) is 29.6. The molecule has 0 radical (unpaired) electrons. The number of para-hydroxylation sites is 2. The maximum absolute atomic E-state index is 12.6. The molecule has 0 aliphatic heterocycles. The van der Waals surface area contributed by atoms with E-state index in [0.717, 1.165) is 21.6 Å². The zero-order chi connectivity index (χ0) is 29.7. The molecule has 0 aliphatic rings. The van der Waals surface area contributed by atoms with Crippen LogP contribution in [0.2, 0.25) is 0 Å². The first-order valence-electron chi connectivity index (χ1n) is 13.3. The zero-order valence-electron chi connectivity index (χ0n) is 24.0. The van der Waals surface area contributed by atoms with Gasteiger partial charge in [-0.15, -0.1) is 0 Å². The summed E-state index contributed by atoms with van der Waals surface area (Å²) in [6.07, 6.45) is 2.12. The minimum Gasteiger partial charge on any atom is -0.497 e. The van der Waals surface area contributed by atoms with Crippen molar-refractivity contribution in [1.29, 1.82) is 0 Å². The Morgan fingerprint density at radius 2 is 1.02 bits per heavy atom. The van der Waals surface area contributed by atoms with Gasteiger partial charge in [0.1, 0.15) is 28.3 Å². The highest BCUT2D eigenvalue weighted by molar-refractivity contribution is 7.91. The summed E-state index contributed by atoms with van der Waals surface area (Å²) in [5, 5.41) is 3.71. The molecule has 0 spiro atoms. The maximum atomic E-state index is 12.6. The van der Waals surface area contributed by atoms with Gasteiger partial charge < -0.3 is 23.9 Å². The van der Waals surface area contributed by atoms with Crippen molar-refractivity contribution in [3.63, 3.8) is 0 Å². The molecular weight excluding hydrogens is 568 g/mol. The van der Waals surface area contributed by atoms with Crippen molar-refractivity contribution in [2.24, 2.45) is 0 Å². The van der Waals surface area contributed by atoms with Gasteiger partial charge in [-0.1, -0.05) is 24.3 Å². The second-order valence-electron chi connectivity index (χ2n) is 9.69. The fraction of sp³-hybridized carbons (Fsp3) is 0.152. The molecule has 1 aromatic heterocycles. The van der Waals surface area contributed by atoms with Crippen LogP contribution in [0.5, 0.6) is 23.0 Å². The third-order valence-corrected chi connectivity index (χ3v) is 13.6. The first-order valence-corrected chi connectivity index (χ1v) is 17.0. The molecule has 0 aliphatic carbocycles. The van der Waals surface area contributed by atoms with Gasteiger partial charge in [-0.2, -0.15) is 0 Å². The number of hydrogen-bond donors (Lipinski definition) is 3. The summed E-state index contributed by atoms with van der Waals surface area (Å²) in [4.78, 5) is 28.6. The molecule has 0 saturated carbocycles. The number of rotatable bonds is 11. The van der Waals surface area contributed by atoms with Gasteiger partial charge in [0.05, 0.1) is 34.1 Å². The fourth-order valence-corrected chi connectivity index (χ4v) is 10.8. The molecule has 42 heavy (non-hydrogen) atoms. The second-order valence-corrected chi connectivity index (χ2v) is 15.3. The van der Waals surface area contributed by atoms with Crippen LogP contribution in [0, 0.1) is 0 Å². The predicted molar refractivity (Wildman–Crippen MR) is 173 cm³/mol. The smallest absolute Gasteiger partial charge is 0.240 e. The number of H-pyrrole nitrogens is 1. The van der Waals surface area contributed by atoms with Gasteiger partial charge in [0, 0.05) is 12.3 Å². The van der Waals surface area contributed by atoms with Crippen LogP contribution in [0.1, 0.15) is 5.69 Å². The summed E-state index contributed by atoms with van der Waals surface area (Å²) >= 11 is 0. The summed E-state index contributed by atoms with van der Waals surface area (Å²) in [7, 11) is 0.282. The second kappa shape index (κ2) is 12.6. The number of aromatic amines is 1. The molecule has 0 unspecified atom stereocenters. The lowest BCUT2D eigenvalue weighted by Crippen LogP contribution is -2.30. The van der Waals surface area contributed by atoms with Crippen LogP contribution in [0.3, 0.4) is 0 Å². The molecule has 0 bridgehead atoms. The van der Waals surface area contributed by atoms with E-state index in [1.807, 2.05) is 109 Å². The standard InChI is InChI=1S/C33H35NO6P2/c1-37-25-13-17-27(18-14-25)42(36,28-19-15-26(38-2)16-20-28)29-21-24(34-22-29)23-41(35,32-11-7-5-9-30(32)39-3)33-12-8-6-10-31(33)40-4/h5-22,34-36H,23H2,1-4H3/q+2. The normalized spacial score (nSPS) is 11.7. The van der Waals surface area contributed by atoms with Crippen LogP contribution in [0.4, 0.5) is 0 Å². The number of benzene rings is 4. The van der Waals surface area contributed by atoms with Crippen LogP contribution in [-0.4, -0.2) is 43.2 Å². The minimum absolute atomic E-state index is 0.277. The number of aromatic nitrogens is 1. The van der Waals surface area contributed by atoms with E-state index in [0.29, 0.717) is 33.6 Å². The van der Waals surface area contributed by atoms with E-state index < -0.39 is 15.0 Å². The summed E-state index contributed by atoms with van der Waals surface area (Å²) < 4.78 is 22.1. The van der Waals surface area contributed by atoms with Crippen molar-refractivity contribution in [2.75, 3.05) is 28.4 Å². The van der Waals surface area contributed by atoms with E-state index in [-0.39, 0.29) is 6.16 Å². The highest BCUT2D eigenvalue weighted by Crippen LogP contribution is 2.59. The Labute approximate surface area is 247 Å². The van der Waals surface area contributed by atoms with Gasteiger partial charge >= 0.3 is 0 Å². The fourth-order valence-electron chi connectivity index (χ4n) is 5.17. The quantitative estimate of drug-likeness (QED) is 0.195. The molecule has 5 aromatic rings. The Bertz CT molecular complexity index is 1540. The average molecular weight is 604 g/mol. The number of ether oxygens (including phenoxy) is 4. The van der Waals surface area contributed by atoms with Gasteiger partial charge in [0.15, 0.2) is 27.4 Å². The first-order chi connectivity index (χ1) is 20.4. The molecular formula is C33H35NO6P2+2. The van der Waals surface area contributed by atoms with Crippen LogP contribution in [0.25, 0.3) is 0 Å². The highest BCUT2D eigenvalue weighted by atomic mass is 31.2. The van der Waals surface area contributed by atoms with Gasteiger partial charge in [-0.25, -0.2) is 9.79 Å². The molecule has 1 heterocycles. The highest BCUT2D eigenvalue weighted by Gasteiger charge is 2.49. The average Bonchev–Trinajstić information content (AvgIpc) is 3.53. The van der Waals surface area contributed by atoms with Gasteiger partial charge in [0.25, 0.3) is 0 Å². The maximum Gasteiger partial charge on any atom is 0.240 e. The lowest BCUT2D eigenvalue weighted by molar-refractivity contribution is 0.415. The molecule has 7 nitrogen and oxygen atoms in total. The lowest BCUT2D eigenvalue weighted by Gasteiger charge is -2.23. The monoisotopic (exact) mass is 603 g/mol. The third kappa shape index (κ3) is 5.49. The number of methoxy groups -OCH3 is 4. The topological polar surface area (TPSA) is 93.2 Å². The summed E-state index contributed by atoms with van der Waals surface area (Å²) in [6, 6.07) is 32.0. The Hall–Kier alpha value is -3.86. The largest absolute Gasteiger partial charge is 0.497 e. The van der Waals surface area contributed by atoms with Gasteiger partial charge in [-0.05, 0) is 72.8 Å². The van der Waals surface area contributed by atoms with Gasteiger partial charge in [-0.3, -0.25) is 0 Å². The number of nitrogens with one attached hydrogen (secondary N) is 1. The Balaban J connectivity index is 1.63. The number of hydrogen-bond acceptors (Lipinski definition) is 6. The Morgan fingerprint density at radius 1 is 0.571 bits per heavy atom. The van der Waals surface area contributed by atoms with Crippen LogP contribution < -0.4 is 45.5 Å². The Kier molecular flexibility index (Phi) is 8.86. The van der Waals surface area contributed by atoms with Crippen molar-refractivity contribution in [3.05, 3.63) is 115 Å². The van der Waals surface area contributed by atoms with Crippen molar-refractivity contribution >= 4 is 41.5 Å². The molecule has 9 heteroatoms. The van der Waals surface area contributed by atoms with E-state index in [9.17, 15) is 9.79 Å². The van der Waals surface area contributed by atoms with Crippen molar-refractivity contribution < 1.29 is 28.7 Å². The van der Waals surface area contributed by atoms with E-state index in [2.05, 4.69) is 4.98 Å². The van der Waals surface area contributed by atoms with E-state index in [1.165, 1.54) is 0 Å². The van der Waals surface area contributed by atoms with Crippen LogP contribution in [0.15, 0.2) is 109 Å². The van der Waals surface area contributed by atoms with Crippen LogP contribution >= 0.6 is 15.0 Å². The molecule has 0 fully saturated rings. The van der Waals surface area contributed by atoms with Gasteiger partial charge in [0.2, 0.25) is 15.0 Å². The van der Waals surface area contributed by atoms with Crippen molar-refractivity contribution in [2.45, 2.75) is 6.16 Å². The molecule has 0 saturated heterocycles. The third-order valence-electron chi connectivity index (χ3n) is 7.36. The molecule has 0 amide bonds. The van der Waals surface area contributed by atoms with Crippen molar-refractivity contribution in [1.82, 2.24) is 4.98 Å². The van der Waals surface area contributed by atoms with Crippen LogP contribution in [-0.2, 0) is 6.16 Å². The predicted octanol–water partition coefficient (Wildman–Crippen LogP) is 4.33. The summed E-state index contributed by atoms with van der Waals surface area (Å²) in [5.74, 6) is 2.62. The molecule has 4 aromatic carbocycles. The van der Waals surface area contributed by atoms with E-state index >= 15 is 0 Å². The Morgan fingerprint density at radius 3 is 1.45 bits per heavy atom. The van der Waals surface area contributed by atoms with E-state index in [1.54, 1.807) is 28.4 Å². The van der Waals surface area contributed by atoms with E-state index in [4.69, 9.17) is 18.9 Å².